The summed E-state index contributed by atoms with van der Waals surface area (Å²) in [5, 5.41) is 1.51. The second kappa shape index (κ2) is 6.24. The molecule has 0 aliphatic carbocycles. The molecule has 0 aliphatic heterocycles. The molecule has 0 saturated carbocycles. The largest absolute Gasteiger partial charge is 0.278 e. The standard InChI is InChI=1S/C15H18N2O3S/c1-3-6-15(18)16-17-21(19,20)14-10-9-11(2)12-7-4-5-8-13(12)14/h4-5,7-10,17H,3,6H2,1-2H3,(H,16,18). The second-order valence-electron chi connectivity index (χ2n) is 4.83. The monoisotopic (exact) mass is 306 g/mol. The van der Waals surface area contributed by atoms with Crippen molar-refractivity contribution in [1.29, 1.82) is 0 Å². The minimum atomic E-state index is -3.80. The van der Waals surface area contributed by atoms with Crippen molar-refractivity contribution in [2.45, 2.75) is 31.6 Å². The van der Waals surface area contributed by atoms with Gasteiger partial charge in [0.2, 0.25) is 5.91 Å². The fraction of sp³-hybridized carbons (Fsp3) is 0.267. The molecule has 0 heterocycles. The average molecular weight is 306 g/mol. The molecule has 112 valence electrons. The van der Waals surface area contributed by atoms with E-state index in [2.05, 4.69) is 10.3 Å². The first-order valence-corrected chi connectivity index (χ1v) is 8.23. The first-order valence-electron chi connectivity index (χ1n) is 6.74. The van der Waals surface area contributed by atoms with Crippen LogP contribution < -0.4 is 10.3 Å². The van der Waals surface area contributed by atoms with Crippen LogP contribution in [0, 0.1) is 6.92 Å². The van der Waals surface area contributed by atoms with Crippen molar-refractivity contribution in [3.63, 3.8) is 0 Å². The Labute approximate surface area is 124 Å². The molecule has 0 fully saturated rings. The predicted octanol–water partition coefficient (Wildman–Crippen LogP) is 2.26. The van der Waals surface area contributed by atoms with E-state index in [1.165, 1.54) is 0 Å². The minimum Gasteiger partial charge on any atom is -0.278 e. The lowest BCUT2D eigenvalue weighted by Gasteiger charge is -2.11. The summed E-state index contributed by atoms with van der Waals surface area (Å²) in [7, 11) is -3.80. The predicted molar refractivity (Wildman–Crippen MR) is 82.1 cm³/mol. The van der Waals surface area contributed by atoms with E-state index >= 15 is 0 Å². The summed E-state index contributed by atoms with van der Waals surface area (Å²) in [5.41, 5.74) is 3.22. The van der Waals surface area contributed by atoms with Gasteiger partial charge in [-0.05, 0) is 30.4 Å². The molecule has 0 atom stereocenters. The molecule has 0 bridgehead atoms. The molecule has 1 amide bonds. The van der Waals surface area contributed by atoms with E-state index in [1.54, 1.807) is 24.3 Å². The van der Waals surface area contributed by atoms with E-state index in [1.807, 2.05) is 26.0 Å². The van der Waals surface area contributed by atoms with Gasteiger partial charge in [-0.2, -0.15) is 0 Å². The van der Waals surface area contributed by atoms with Crippen LogP contribution >= 0.6 is 0 Å². The van der Waals surface area contributed by atoms with Gasteiger partial charge < -0.3 is 0 Å². The molecule has 6 heteroatoms. The van der Waals surface area contributed by atoms with Crippen molar-refractivity contribution in [3.05, 3.63) is 42.0 Å². The molecule has 0 radical (unpaired) electrons. The third kappa shape index (κ3) is 3.40. The summed E-state index contributed by atoms with van der Waals surface area (Å²) in [6.07, 6.45) is 0.929. The number of hydrazine groups is 1. The Bertz CT molecular complexity index is 770. The summed E-state index contributed by atoms with van der Waals surface area (Å²) < 4.78 is 24.7. The van der Waals surface area contributed by atoms with E-state index < -0.39 is 10.0 Å². The van der Waals surface area contributed by atoms with Gasteiger partial charge in [0.25, 0.3) is 10.0 Å². The highest BCUT2D eigenvalue weighted by molar-refractivity contribution is 7.89. The topological polar surface area (TPSA) is 75.3 Å². The molecule has 0 spiro atoms. The normalized spacial score (nSPS) is 11.5. The van der Waals surface area contributed by atoms with Crippen LogP contribution in [0.2, 0.25) is 0 Å². The highest BCUT2D eigenvalue weighted by atomic mass is 32.2. The third-order valence-electron chi connectivity index (χ3n) is 3.19. The molecule has 2 aromatic rings. The SMILES string of the molecule is CCCC(=O)NNS(=O)(=O)c1ccc(C)c2ccccc12. The maximum Gasteiger partial charge on any atom is 0.257 e. The number of hydrogen-bond acceptors (Lipinski definition) is 3. The molecule has 0 aromatic heterocycles. The highest BCUT2D eigenvalue weighted by Crippen LogP contribution is 2.25. The van der Waals surface area contributed by atoms with Gasteiger partial charge in [0.05, 0.1) is 4.90 Å². The molecule has 21 heavy (non-hydrogen) atoms. The lowest BCUT2D eigenvalue weighted by molar-refractivity contribution is -0.121. The lowest BCUT2D eigenvalue weighted by atomic mass is 10.1. The Kier molecular flexibility index (Phi) is 4.59. The van der Waals surface area contributed by atoms with Gasteiger partial charge >= 0.3 is 0 Å². The fourth-order valence-electron chi connectivity index (χ4n) is 2.13. The minimum absolute atomic E-state index is 0.153. The van der Waals surface area contributed by atoms with Crippen LogP contribution in [0.3, 0.4) is 0 Å². The molecule has 0 aliphatic rings. The van der Waals surface area contributed by atoms with E-state index in [9.17, 15) is 13.2 Å². The number of amides is 1. The molecule has 5 nitrogen and oxygen atoms in total. The number of nitrogens with one attached hydrogen (secondary N) is 2. The van der Waals surface area contributed by atoms with Crippen LogP contribution in [-0.4, -0.2) is 14.3 Å². The van der Waals surface area contributed by atoms with Crippen molar-refractivity contribution in [2.75, 3.05) is 0 Å². The van der Waals surface area contributed by atoms with Crippen molar-refractivity contribution >= 4 is 26.7 Å². The van der Waals surface area contributed by atoms with Gasteiger partial charge in [0.15, 0.2) is 0 Å². The summed E-state index contributed by atoms with van der Waals surface area (Å²) in [5.74, 6) is -0.350. The van der Waals surface area contributed by atoms with Crippen molar-refractivity contribution in [2.24, 2.45) is 0 Å². The van der Waals surface area contributed by atoms with E-state index in [0.29, 0.717) is 11.8 Å². The van der Waals surface area contributed by atoms with Crippen LogP contribution in [0.15, 0.2) is 41.3 Å². The molecular weight excluding hydrogens is 288 g/mol. The third-order valence-corrected chi connectivity index (χ3v) is 4.50. The number of rotatable bonds is 5. The summed E-state index contributed by atoms with van der Waals surface area (Å²) in [6.45, 7) is 3.77. The van der Waals surface area contributed by atoms with Gasteiger partial charge in [-0.15, -0.1) is 4.83 Å². The second-order valence-corrected chi connectivity index (χ2v) is 6.48. The van der Waals surface area contributed by atoms with Gasteiger partial charge in [0, 0.05) is 11.8 Å². The maximum atomic E-state index is 12.3. The Hall–Kier alpha value is -1.92. The first kappa shape index (κ1) is 15.5. The fourth-order valence-corrected chi connectivity index (χ4v) is 3.20. The summed E-state index contributed by atoms with van der Waals surface area (Å²) in [6, 6.07) is 10.6. The van der Waals surface area contributed by atoms with Crippen molar-refractivity contribution in [1.82, 2.24) is 10.3 Å². The zero-order chi connectivity index (χ0) is 15.5. The highest BCUT2D eigenvalue weighted by Gasteiger charge is 2.18. The molecule has 0 unspecified atom stereocenters. The molecule has 2 aromatic carbocycles. The first-order chi connectivity index (χ1) is 9.95. The summed E-state index contributed by atoms with van der Waals surface area (Å²) in [4.78, 5) is 13.7. The average Bonchev–Trinajstić information content (AvgIpc) is 2.46. The van der Waals surface area contributed by atoms with Gasteiger partial charge in [-0.3, -0.25) is 10.2 Å². The van der Waals surface area contributed by atoms with Crippen molar-refractivity contribution in [3.8, 4) is 0 Å². The number of fused-ring (bicyclic) bond motifs is 1. The quantitative estimate of drug-likeness (QED) is 0.832. The number of benzene rings is 2. The van der Waals surface area contributed by atoms with Crippen LogP contribution in [-0.2, 0) is 14.8 Å². The smallest absolute Gasteiger partial charge is 0.257 e. The van der Waals surface area contributed by atoms with Crippen LogP contribution in [0.5, 0.6) is 0 Å². The Balaban J connectivity index is 2.37. The number of carbonyl (C=O) groups is 1. The van der Waals surface area contributed by atoms with E-state index in [0.717, 1.165) is 10.9 Å². The number of aryl methyl sites for hydroxylation is 1. The van der Waals surface area contributed by atoms with Crippen LogP contribution in [0.4, 0.5) is 0 Å². The van der Waals surface area contributed by atoms with Gasteiger partial charge in [-0.1, -0.05) is 37.3 Å². The Morgan fingerprint density at radius 3 is 2.43 bits per heavy atom. The molecule has 0 saturated heterocycles. The van der Waals surface area contributed by atoms with Crippen molar-refractivity contribution < 1.29 is 13.2 Å². The van der Waals surface area contributed by atoms with Gasteiger partial charge in [-0.25, -0.2) is 8.42 Å². The Morgan fingerprint density at radius 1 is 1.10 bits per heavy atom. The number of hydrogen-bond donors (Lipinski definition) is 2. The number of sulfonamides is 1. The van der Waals surface area contributed by atoms with Crippen LogP contribution in [0.25, 0.3) is 10.8 Å². The van der Waals surface area contributed by atoms with Gasteiger partial charge in [0.1, 0.15) is 0 Å². The number of carbonyl (C=O) groups excluding carboxylic acids is 1. The zero-order valence-corrected chi connectivity index (χ0v) is 12.8. The zero-order valence-electron chi connectivity index (χ0n) is 12.0. The summed E-state index contributed by atoms with van der Waals surface area (Å²) >= 11 is 0. The maximum absolute atomic E-state index is 12.3. The van der Waals surface area contributed by atoms with Crippen LogP contribution in [0.1, 0.15) is 25.3 Å². The molecule has 2 rings (SSSR count). The molecular formula is C15H18N2O3S. The van der Waals surface area contributed by atoms with E-state index in [-0.39, 0.29) is 17.2 Å². The lowest BCUT2D eigenvalue weighted by Crippen LogP contribution is -2.41. The van der Waals surface area contributed by atoms with E-state index in [4.69, 9.17) is 0 Å². The molecule has 2 N–H and O–H groups in total. The Morgan fingerprint density at radius 2 is 1.76 bits per heavy atom.